The third-order valence-corrected chi connectivity index (χ3v) is 3.49. The van der Waals surface area contributed by atoms with Crippen molar-refractivity contribution in [3.63, 3.8) is 0 Å². The van der Waals surface area contributed by atoms with E-state index in [4.69, 9.17) is 0 Å². The lowest BCUT2D eigenvalue weighted by Gasteiger charge is -2.07. The molecular formula is C9H15N5O3S. The Morgan fingerprint density at radius 2 is 2.11 bits per heavy atom. The summed E-state index contributed by atoms with van der Waals surface area (Å²) in [5, 5.41) is 16.4. The van der Waals surface area contributed by atoms with Gasteiger partial charge in [-0.25, -0.2) is 9.97 Å². The van der Waals surface area contributed by atoms with Crippen LogP contribution < -0.4 is 10.6 Å². The van der Waals surface area contributed by atoms with E-state index in [2.05, 4.69) is 20.6 Å². The molecule has 0 saturated heterocycles. The van der Waals surface area contributed by atoms with Gasteiger partial charge in [-0.15, -0.1) is 0 Å². The number of hydrogen-bond acceptors (Lipinski definition) is 7. The van der Waals surface area contributed by atoms with E-state index in [0.717, 1.165) is 0 Å². The third-order valence-electron chi connectivity index (χ3n) is 2.19. The summed E-state index contributed by atoms with van der Waals surface area (Å²) in [5.74, 6) is 1.27. The summed E-state index contributed by atoms with van der Waals surface area (Å²) < 4.78 is 11.2. The predicted molar refractivity (Wildman–Crippen MR) is 70.3 cm³/mol. The van der Waals surface area contributed by atoms with Crippen molar-refractivity contribution in [3.05, 3.63) is 16.4 Å². The molecular weight excluding hydrogens is 258 g/mol. The van der Waals surface area contributed by atoms with E-state index in [-0.39, 0.29) is 17.3 Å². The lowest BCUT2D eigenvalue weighted by Crippen LogP contribution is -2.14. The Balaban J connectivity index is 2.82. The zero-order valence-electron chi connectivity index (χ0n) is 10.2. The Morgan fingerprint density at radius 3 is 2.67 bits per heavy atom. The highest BCUT2D eigenvalue weighted by molar-refractivity contribution is 7.84. The molecule has 1 unspecified atom stereocenters. The first-order valence-electron chi connectivity index (χ1n) is 5.36. The van der Waals surface area contributed by atoms with Crippen LogP contribution in [0.2, 0.25) is 0 Å². The van der Waals surface area contributed by atoms with E-state index in [1.807, 2.05) is 6.92 Å². The average Bonchev–Trinajstić information content (AvgIpc) is 2.37. The van der Waals surface area contributed by atoms with Crippen LogP contribution in [0.15, 0.2) is 6.33 Å². The molecule has 0 spiro atoms. The smallest absolute Gasteiger partial charge is 0.353 e. The monoisotopic (exact) mass is 273 g/mol. The van der Waals surface area contributed by atoms with E-state index >= 15 is 0 Å². The lowest BCUT2D eigenvalue weighted by molar-refractivity contribution is -0.383. The van der Waals surface area contributed by atoms with Crippen LogP contribution in [-0.4, -0.2) is 44.2 Å². The molecule has 0 aliphatic carbocycles. The second-order valence-electron chi connectivity index (χ2n) is 3.29. The van der Waals surface area contributed by atoms with Gasteiger partial charge in [0.25, 0.3) is 0 Å². The third kappa shape index (κ3) is 3.62. The van der Waals surface area contributed by atoms with Gasteiger partial charge in [0.1, 0.15) is 6.33 Å². The van der Waals surface area contributed by atoms with E-state index in [9.17, 15) is 14.3 Å². The maximum absolute atomic E-state index is 11.2. The van der Waals surface area contributed by atoms with Crippen LogP contribution in [0.4, 0.5) is 17.3 Å². The van der Waals surface area contributed by atoms with Crippen LogP contribution in [0.1, 0.15) is 6.92 Å². The minimum Gasteiger partial charge on any atom is -0.367 e. The number of anilines is 2. The lowest BCUT2D eigenvalue weighted by atomic mass is 10.4. The minimum absolute atomic E-state index is 0.132. The van der Waals surface area contributed by atoms with Gasteiger partial charge in [-0.2, -0.15) is 0 Å². The van der Waals surface area contributed by atoms with Gasteiger partial charge < -0.3 is 10.6 Å². The zero-order chi connectivity index (χ0) is 13.5. The van der Waals surface area contributed by atoms with Crippen molar-refractivity contribution in [1.82, 2.24) is 9.97 Å². The van der Waals surface area contributed by atoms with Crippen LogP contribution in [0.25, 0.3) is 0 Å². The SMILES string of the molecule is CCS(=O)CCNc1ncnc(NC)c1[N+](=O)[O-]. The fraction of sp³-hybridized carbons (Fsp3) is 0.556. The Kier molecular flexibility index (Phi) is 5.43. The number of hydrogen-bond donors (Lipinski definition) is 2. The van der Waals surface area contributed by atoms with Crippen LogP contribution in [-0.2, 0) is 10.8 Å². The zero-order valence-corrected chi connectivity index (χ0v) is 11.0. The van der Waals surface area contributed by atoms with Crippen molar-refractivity contribution >= 4 is 28.1 Å². The molecule has 0 amide bonds. The molecule has 0 aromatic carbocycles. The first-order valence-corrected chi connectivity index (χ1v) is 6.85. The van der Waals surface area contributed by atoms with Gasteiger partial charge in [0, 0.05) is 35.9 Å². The molecule has 100 valence electrons. The molecule has 0 bridgehead atoms. The van der Waals surface area contributed by atoms with Gasteiger partial charge in [-0.3, -0.25) is 14.3 Å². The summed E-state index contributed by atoms with van der Waals surface area (Å²) in [4.78, 5) is 18.0. The summed E-state index contributed by atoms with van der Waals surface area (Å²) in [6.07, 6.45) is 1.23. The second-order valence-corrected chi connectivity index (χ2v) is 5.15. The van der Waals surface area contributed by atoms with Crippen LogP contribution in [0.3, 0.4) is 0 Å². The topological polar surface area (TPSA) is 110 Å². The van der Waals surface area contributed by atoms with Crippen molar-refractivity contribution in [1.29, 1.82) is 0 Å². The second kappa shape index (κ2) is 6.84. The van der Waals surface area contributed by atoms with Gasteiger partial charge in [-0.05, 0) is 0 Å². The van der Waals surface area contributed by atoms with Crippen molar-refractivity contribution in [2.24, 2.45) is 0 Å². The van der Waals surface area contributed by atoms with Crippen LogP contribution in [0, 0.1) is 10.1 Å². The molecule has 0 aliphatic rings. The molecule has 1 heterocycles. The normalized spacial score (nSPS) is 11.9. The highest BCUT2D eigenvalue weighted by Gasteiger charge is 2.21. The Bertz CT molecular complexity index is 454. The molecule has 0 fully saturated rings. The molecule has 1 aromatic rings. The molecule has 0 aliphatic heterocycles. The largest absolute Gasteiger partial charge is 0.367 e. The van der Waals surface area contributed by atoms with Gasteiger partial charge in [0.2, 0.25) is 11.6 Å². The predicted octanol–water partition coefficient (Wildman–Crippen LogP) is 0.607. The maximum atomic E-state index is 11.2. The standard InChI is InChI=1S/C9H15N5O3S/c1-3-18(17)5-4-11-9-7(14(15)16)8(10-2)12-6-13-9/h6H,3-5H2,1-2H3,(H2,10,11,12,13). The first-order chi connectivity index (χ1) is 8.60. The summed E-state index contributed by atoms with van der Waals surface area (Å²) in [6, 6.07) is 0. The number of nitro groups is 1. The molecule has 8 nitrogen and oxygen atoms in total. The Hall–Kier alpha value is -1.77. The van der Waals surface area contributed by atoms with Crippen LogP contribution in [0.5, 0.6) is 0 Å². The molecule has 2 N–H and O–H groups in total. The highest BCUT2D eigenvalue weighted by atomic mass is 32.2. The number of nitrogens with zero attached hydrogens (tertiary/aromatic N) is 3. The Morgan fingerprint density at radius 1 is 1.44 bits per heavy atom. The number of rotatable bonds is 7. The minimum atomic E-state index is -0.916. The summed E-state index contributed by atoms with van der Waals surface area (Å²) in [6.45, 7) is 2.18. The summed E-state index contributed by atoms with van der Waals surface area (Å²) in [5.41, 5.74) is -0.206. The van der Waals surface area contributed by atoms with E-state index in [1.165, 1.54) is 6.33 Å². The quantitative estimate of drug-likeness (QED) is 0.553. The molecule has 0 radical (unpaired) electrons. The van der Waals surface area contributed by atoms with Gasteiger partial charge in [-0.1, -0.05) is 6.92 Å². The van der Waals surface area contributed by atoms with Gasteiger partial charge in [0.05, 0.1) is 4.92 Å². The molecule has 1 rings (SSSR count). The number of nitrogens with one attached hydrogen (secondary N) is 2. The van der Waals surface area contributed by atoms with E-state index in [1.54, 1.807) is 7.05 Å². The van der Waals surface area contributed by atoms with Crippen molar-refractivity contribution in [2.45, 2.75) is 6.92 Å². The highest BCUT2D eigenvalue weighted by Crippen LogP contribution is 2.27. The van der Waals surface area contributed by atoms with E-state index in [0.29, 0.717) is 18.1 Å². The maximum Gasteiger partial charge on any atom is 0.353 e. The Labute approximate surface area is 107 Å². The van der Waals surface area contributed by atoms with Crippen molar-refractivity contribution in [2.75, 3.05) is 35.7 Å². The van der Waals surface area contributed by atoms with Crippen LogP contribution >= 0.6 is 0 Å². The molecule has 9 heteroatoms. The average molecular weight is 273 g/mol. The van der Waals surface area contributed by atoms with Crippen molar-refractivity contribution < 1.29 is 9.13 Å². The fourth-order valence-corrected chi connectivity index (χ4v) is 1.91. The van der Waals surface area contributed by atoms with Gasteiger partial charge >= 0.3 is 5.69 Å². The molecule has 1 atom stereocenters. The van der Waals surface area contributed by atoms with Crippen molar-refractivity contribution in [3.8, 4) is 0 Å². The van der Waals surface area contributed by atoms with E-state index < -0.39 is 15.7 Å². The fourth-order valence-electron chi connectivity index (χ4n) is 1.29. The molecule has 18 heavy (non-hydrogen) atoms. The van der Waals surface area contributed by atoms with Gasteiger partial charge in [0.15, 0.2) is 0 Å². The number of aromatic nitrogens is 2. The summed E-state index contributed by atoms with van der Waals surface area (Å²) in [7, 11) is 0.630. The first kappa shape index (κ1) is 14.3. The molecule has 0 saturated carbocycles. The molecule has 1 aromatic heterocycles. The summed E-state index contributed by atoms with van der Waals surface area (Å²) >= 11 is 0.